The van der Waals surface area contributed by atoms with Crippen molar-refractivity contribution in [2.45, 2.75) is 0 Å². The number of furan rings is 1. The summed E-state index contributed by atoms with van der Waals surface area (Å²) in [7, 11) is 0. The number of aromatic nitrogens is 1. The Morgan fingerprint density at radius 2 is 2.00 bits per heavy atom. The second-order valence-electron chi connectivity index (χ2n) is 3.66. The number of benzene rings is 1. The number of carbonyl (C=O) groups excluding carboxylic acids is 1. The molecule has 3 rings (SSSR count). The van der Waals surface area contributed by atoms with Crippen molar-refractivity contribution >= 4 is 32.8 Å². The molecule has 0 bridgehead atoms. The molecular weight excluding hydrogens is 302 g/mol. The van der Waals surface area contributed by atoms with Crippen molar-refractivity contribution in [2.75, 3.05) is 0 Å². The molecule has 5 nitrogen and oxygen atoms in total. The first kappa shape index (κ1) is 11.0. The van der Waals surface area contributed by atoms with Crippen molar-refractivity contribution < 1.29 is 13.6 Å². The van der Waals surface area contributed by atoms with E-state index >= 15 is 0 Å². The number of nitrogens with one attached hydrogen (secondary N) is 1. The summed E-state index contributed by atoms with van der Waals surface area (Å²) in [5.74, 6) is -0.596. The van der Waals surface area contributed by atoms with Gasteiger partial charge in [0, 0.05) is 5.56 Å². The van der Waals surface area contributed by atoms with Crippen LogP contribution < -0.4 is 5.76 Å². The molecule has 0 saturated heterocycles. The van der Waals surface area contributed by atoms with E-state index in [1.165, 1.54) is 6.07 Å². The molecule has 0 amide bonds. The van der Waals surface area contributed by atoms with Gasteiger partial charge in [0.1, 0.15) is 0 Å². The largest absolute Gasteiger partial charge is 0.446 e. The first-order valence-corrected chi connectivity index (χ1v) is 5.86. The smallest absolute Gasteiger partial charge is 0.417 e. The number of halogens is 1. The molecule has 0 unspecified atom stereocenters. The topological polar surface area (TPSA) is 76.2 Å². The van der Waals surface area contributed by atoms with Crippen molar-refractivity contribution in [3.05, 3.63) is 56.9 Å². The zero-order chi connectivity index (χ0) is 12.7. The fraction of sp³-hybridized carbons (Fsp3) is 0. The van der Waals surface area contributed by atoms with Crippen molar-refractivity contribution in [1.29, 1.82) is 0 Å². The Morgan fingerprint density at radius 1 is 1.17 bits per heavy atom. The van der Waals surface area contributed by atoms with E-state index in [9.17, 15) is 9.59 Å². The minimum absolute atomic E-state index is 0.221. The molecule has 0 aliphatic rings. The number of hydrogen-bond donors (Lipinski definition) is 1. The Hall–Kier alpha value is -2.08. The molecule has 6 heteroatoms. The first-order valence-electron chi connectivity index (χ1n) is 5.06. The normalized spacial score (nSPS) is 10.9. The van der Waals surface area contributed by atoms with Gasteiger partial charge in [0.05, 0.1) is 5.52 Å². The van der Waals surface area contributed by atoms with Crippen LogP contribution >= 0.6 is 15.9 Å². The van der Waals surface area contributed by atoms with Crippen LogP contribution in [-0.2, 0) is 0 Å². The van der Waals surface area contributed by atoms with Gasteiger partial charge in [0.2, 0.25) is 5.78 Å². The summed E-state index contributed by atoms with van der Waals surface area (Å²) in [6.07, 6.45) is 0. The summed E-state index contributed by atoms with van der Waals surface area (Å²) < 4.78 is 10.6. The van der Waals surface area contributed by atoms with Gasteiger partial charge in [-0.25, -0.2) is 4.79 Å². The molecule has 0 radical (unpaired) electrons. The van der Waals surface area contributed by atoms with Crippen LogP contribution in [0, 0.1) is 0 Å². The summed E-state index contributed by atoms with van der Waals surface area (Å²) in [5, 5.41) is 0. The summed E-state index contributed by atoms with van der Waals surface area (Å²) >= 11 is 3.13. The number of rotatable bonds is 2. The predicted octanol–water partition coefficient (Wildman–Crippen LogP) is 2.71. The van der Waals surface area contributed by atoms with E-state index in [1.807, 2.05) is 0 Å². The third kappa shape index (κ3) is 1.80. The molecule has 0 spiro atoms. The average molecular weight is 308 g/mol. The highest BCUT2D eigenvalue weighted by molar-refractivity contribution is 9.10. The van der Waals surface area contributed by atoms with E-state index in [4.69, 9.17) is 8.83 Å². The molecule has 3 aromatic rings. The lowest BCUT2D eigenvalue weighted by Gasteiger charge is -1.96. The minimum Gasteiger partial charge on any atom is -0.446 e. The fourth-order valence-corrected chi connectivity index (χ4v) is 1.97. The summed E-state index contributed by atoms with van der Waals surface area (Å²) in [4.78, 5) is 25.6. The molecule has 0 aliphatic heterocycles. The molecule has 0 fully saturated rings. The number of carbonyl (C=O) groups is 1. The summed E-state index contributed by atoms with van der Waals surface area (Å²) in [5.41, 5.74) is 1.29. The maximum atomic E-state index is 12.1. The highest BCUT2D eigenvalue weighted by Gasteiger charge is 2.14. The van der Waals surface area contributed by atoms with Crippen LogP contribution in [0.4, 0.5) is 0 Å². The van der Waals surface area contributed by atoms with Crippen LogP contribution in [0.25, 0.3) is 11.1 Å². The number of ketones is 1. The van der Waals surface area contributed by atoms with E-state index < -0.39 is 5.76 Å². The molecule has 18 heavy (non-hydrogen) atoms. The standard InChI is InChI=1S/C12H6BrNO4/c13-10-4-3-8(17-10)11(15)6-1-2-7-9(5-6)18-12(16)14-7/h1-5H,(H,14,16). The quantitative estimate of drug-likeness (QED) is 0.739. The Bertz CT molecular complexity index is 796. The maximum Gasteiger partial charge on any atom is 0.417 e. The van der Waals surface area contributed by atoms with Gasteiger partial charge >= 0.3 is 5.76 Å². The Balaban J connectivity index is 2.08. The van der Waals surface area contributed by atoms with Crippen molar-refractivity contribution in [2.24, 2.45) is 0 Å². The van der Waals surface area contributed by atoms with Crippen LogP contribution in [0.2, 0.25) is 0 Å². The summed E-state index contributed by atoms with van der Waals surface area (Å²) in [6, 6.07) is 7.94. The molecule has 1 aromatic carbocycles. The molecule has 1 N–H and O–H groups in total. The van der Waals surface area contributed by atoms with Crippen molar-refractivity contribution in [3.63, 3.8) is 0 Å². The second-order valence-corrected chi connectivity index (χ2v) is 4.44. The molecule has 2 heterocycles. The van der Waals surface area contributed by atoms with Gasteiger partial charge in [-0.05, 0) is 46.3 Å². The zero-order valence-electron chi connectivity index (χ0n) is 8.90. The monoisotopic (exact) mass is 307 g/mol. The van der Waals surface area contributed by atoms with Crippen molar-refractivity contribution in [1.82, 2.24) is 4.98 Å². The number of fused-ring (bicyclic) bond motifs is 1. The van der Waals surface area contributed by atoms with E-state index in [-0.39, 0.29) is 11.5 Å². The third-order valence-corrected chi connectivity index (χ3v) is 2.91. The summed E-state index contributed by atoms with van der Waals surface area (Å²) in [6.45, 7) is 0. The van der Waals surface area contributed by atoms with Gasteiger partial charge in [0.25, 0.3) is 0 Å². The Morgan fingerprint density at radius 3 is 2.72 bits per heavy atom. The SMILES string of the molecule is O=C(c1ccc2[nH]c(=O)oc2c1)c1ccc(Br)o1. The van der Waals surface area contributed by atoms with Gasteiger partial charge in [-0.3, -0.25) is 9.78 Å². The lowest BCUT2D eigenvalue weighted by molar-refractivity contribution is 0.101. The molecule has 0 saturated carbocycles. The lowest BCUT2D eigenvalue weighted by Crippen LogP contribution is -1.98. The van der Waals surface area contributed by atoms with Gasteiger partial charge in [-0.1, -0.05) is 0 Å². The van der Waals surface area contributed by atoms with Gasteiger partial charge < -0.3 is 8.83 Å². The van der Waals surface area contributed by atoms with E-state index in [1.54, 1.807) is 24.3 Å². The lowest BCUT2D eigenvalue weighted by atomic mass is 10.1. The van der Waals surface area contributed by atoms with Crippen molar-refractivity contribution in [3.8, 4) is 0 Å². The molecular formula is C12H6BrNO4. The van der Waals surface area contributed by atoms with Crippen LogP contribution in [0.3, 0.4) is 0 Å². The molecule has 0 aliphatic carbocycles. The highest BCUT2D eigenvalue weighted by atomic mass is 79.9. The number of oxazole rings is 1. The van der Waals surface area contributed by atoms with E-state index in [2.05, 4.69) is 20.9 Å². The zero-order valence-corrected chi connectivity index (χ0v) is 10.5. The fourth-order valence-electron chi connectivity index (χ4n) is 1.67. The highest BCUT2D eigenvalue weighted by Crippen LogP contribution is 2.19. The van der Waals surface area contributed by atoms with E-state index in [0.29, 0.717) is 21.3 Å². The third-order valence-electron chi connectivity index (χ3n) is 2.48. The molecule has 90 valence electrons. The average Bonchev–Trinajstić information content (AvgIpc) is 2.92. The second kappa shape index (κ2) is 3.99. The Kier molecular flexibility index (Phi) is 2.45. The first-order chi connectivity index (χ1) is 8.63. The number of aromatic amines is 1. The molecule has 0 atom stereocenters. The Labute approximate surface area is 109 Å². The van der Waals surface area contributed by atoms with Crippen LogP contribution in [-0.4, -0.2) is 10.8 Å². The van der Waals surface area contributed by atoms with Gasteiger partial charge in [-0.15, -0.1) is 0 Å². The van der Waals surface area contributed by atoms with Crippen LogP contribution in [0.1, 0.15) is 16.1 Å². The van der Waals surface area contributed by atoms with Gasteiger partial charge in [-0.2, -0.15) is 0 Å². The number of H-pyrrole nitrogens is 1. The molecule has 2 aromatic heterocycles. The van der Waals surface area contributed by atoms with Crippen LogP contribution in [0.15, 0.2) is 48.6 Å². The predicted molar refractivity (Wildman–Crippen MR) is 66.7 cm³/mol. The van der Waals surface area contributed by atoms with E-state index in [0.717, 1.165) is 0 Å². The number of hydrogen-bond acceptors (Lipinski definition) is 4. The van der Waals surface area contributed by atoms with Crippen LogP contribution in [0.5, 0.6) is 0 Å². The van der Waals surface area contributed by atoms with Gasteiger partial charge in [0.15, 0.2) is 16.0 Å². The minimum atomic E-state index is -0.546. The maximum absolute atomic E-state index is 12.1.